The van der Waals surface area contributed by atoms with Gasteiger partial charge in [0.1, 0.15) is 0 Å². The summed E-state index contributed by atoms with van der Waals surface area (Å²) in [5.74, 6) is 0. The lowest BCUT2D eigenvalue weighted by molar-refractivity contribution is 1.10. The Labute approximate surface area is 400 Å². The average molecular weight is 889 g/mol. The highest BCUT2D eigenvalue weighted by Crippen LogP contribution is 2.44. The minimum absolute atomic E-state index is 1.10. The van der Waals surface area contributed by atoms with Crippen LogP contribution in [0.2, 0.25) is 0 Å². The Bertz CT molecular complexity index is 4850. The molecule has 16 rings (SSSR count). The molecule has 0 aliphatic rings. The van der Waals surface area contributed by atoms with E-state index in [1.807, 2.05) is 0 Å². The molecule has 4 heteroatoms. The van der Waals surface area contributed by atoms with Crippen molar-refractivity contribution in [2.45, 2.75) is 0 Å². The molecule has 0 unspecified atom stereocenters. The van der Waals surface area contributed by atoms with Crippen LogP contribution in [0.25, 0.3) is 142 Å². The van der Waals surface area contributed by atoms with Gasteiger partial charge in [0, 0.05) is 59.5 Å². The molecular weight excluding hydrogens is 849 g/mol. The normalized spacial score (nSPS) is 12.3. The minimum Gasteiger partial charge on any atom is -0.309 e. The van der Waals surface area contributed by atoms with E-state index in [9.17, 15) is 0 Å². The summed E-state index contributed by atoms with van der Waals surface area (Å²) in [6, 6.07) is 90.3. The van der Waals surface area contributed by atoms with E-state index in [-0.39, 0.29) is 0 Å². The summed E-state index contributed by atoms with van der Waals surface area (Å²) in [7, 11) is 0. The third kappa shape index (κ3) is 4.98. The van der Waals surface area contributed by atoms with E-state index in [1.54, 1.807) is 0 Å². The van der Waals surface area contributed by atoms with Crippen LogP contribution in [0.4, 0.5) is 0 Å². The Kier molecular flexibility index (Phi) is 7.58. The van der Waals surface area contributed by atoms with E-state index in [0.29, 0.717) is 0 Å². The molecule has 0 saturated heterocycles. The maximum atomic E-state index is 2.57. The van der Waals surface area contributed by atoms with E-state index >= 15 is 0 Å². The standard InChI is InChI=1S/C66H40N4/c1-3-20-44-42(18-1)43-19-2-4-21-45(43)55-39-64(68-58-32-13-7-24-48(58)49-25-8-14-33-59(49)68)65(40-63(55)70-61-35-16-9-26-50(61)53-29-17-28-52(44)66(53)70)69-60-34-15-10-27-51(60)54-38-41(36-37-62(54)69)67-56-30-11-5-22-46(56)47-23-6-12-31-57(47)67/h1-40H. The summed E-state index contributed by atoms with van der Waals surface area (Å²) >= 11 is 0. The predicted octanol–water partition coefficient (Wildman–Crippen LogP) is 17.6. The highest BCUT2D eigenvalue weighted by atomic mass is 15.1. The molecule has 0 fully saturated rings. The van der Waals surface area contributed by atoms with Crippen LogP contribution in [0.5, 0.6) is 0 Å². The SMILES string of the molecule is c1ccc2c(c1)c1ccccc1c1cccc3c4ccccc4n(c4cc(-n5c6ccccc6c6cc(-n7c8ccccc8c8ccccc87)ccc65)c(-n5c6ccccc6c6ccccc65)cc24)c13. The molecule has 4 nitrogen and oxygen atoms in total. The van der Waals surface area contributed by atoms with Crippen molar-refractivity contribution in [1.82, 2.24) is 18.1 Å². The lowest BCUT2D eigenvalue weighted by Gasteiger charge is -2.19. The van der Waals surface area contributed by atoms with Gasteiger partial charge < -0.3 is 18.1 Å². The van der Waals surface area contributed by atoms with Gasteiger partial charge in [-0.25, -0.2) is 0 Å². The van der Waals surface area contributed by atoms with Gasteiger partial charge in [-0.3, -0.25) is 0 Å². The quantitative estimate of drug-likeness (QED) is 0.168. The first kappa shape index (κ1) is 37.7. The van der Waals surface area contributed by atoms with Crippen molar-refractivity contribution < 1.29 is 0 Å². The Morgan fingerprint density at radius 2 is 0.500 bits per heavy atom. The lowest BCUT2D eigenvalue weighted by Crippen LogP contribution is -2.05. The third-order valence-corrected chi connectivity index (χ3v) is 15.3. The maximum Gasteiger partial charge on any atom is 0.0724 e. The van der Waals surface area contributed by atoms with Crippen molar-refractivity contribution in [3.8, 4) is 17.1 Å². The maximum absolute atomic E-state index is 2.57. The molecule has 0 radical (unpaired) electrons. The molecule has 16 aromatic rings. The number of benzene rings is 11. The smallest absolute Gasteiger partial charge is 0.0724 e. The molecule has 70 heavy (non-hydrogen) atoms. The summed E-state index contributed by atoms with van der Waals surface area (Å²) in [5, 5.41) is 17.1. The summed E-state index contributed by atoms with van der Waals surface area (Å²) in [5.41, 5.74) is 13.9. The Balaban J connectivity index is 1.15. The van der Waals surface area contributed by atoms with Crippen LogP contribution in [-0.4, -0.2) is 18.1 Å². The Morgan fingerprint density at radius 1 is 0.186 bits per heavy atom. The Hall–Kier alpha value is -9.38. The molecule has 11 aromatic carbocycles. The van der Waals surface area contributed by atoms with Crippen LogP contribution in [0.15, 0.2) is 243 Å². The topological polar surface area (TPSA) is 19.2 Å². The zero-order valence-electron chi connectivity index (χ0n) is 37.9. The lowest BCUT2D eigenvalue weighted by atomic mass is 10.00. The monoisotopic (exact) mass is 888 g/mol. The fraction of sp³-hybridized carbons (Fsp3) is 0. The van der Waals surface area contributed by atoms with Gasteiger partial charge >= 0.3 is 0 Å². The van der Waals surface area contributed by atoms with Gasteiger partial charge in [0.05, 0.1) is 61.0 Å². The van der Waals surface area contributed by atoms with Crippen molar-refractivity contribution in [2.24, 2.45) is 0 Å². The van der Waals surface area contributed by atoms with Gasteiger partial charge in [-0.1, -0.05) is 176 Å². The summed E-state index contributed by atoms with van der Waals surface area (Å²) in [6.45, 7) is 0. The second-order valence-electron chi connectivity index (χ2n) is 18.8. The highest BCUT2D eigenvalue weighted by molar-refractivity contribution is 6.26. The number of rotatable bonds is 3. The molecule has 0 aliphatic heterocycles. The van der Waals surface area contributed by atoms with Gasteiger partial charge in [0.15, 0.2) is 0 Å². The molecule has 0 spiro atoms. The molecular formula is C66H40N4. The van der Waals surface area contributed by atoms with Gasteiger partial charge in [0.25, 0.3) is 0 Å². The van der Waals surface area contributed by atoms with E-state index < -0.39 is 0 Å². The van der Waals surface area contributed by atoms with Crippen molar-refractivity contribution in [1.29, 1.82) is 0 Å². The number of hydrogen-bond donors (Lipinski definition) is 0. The minimum atomic E-state index is 1.10. The number of hydrogen-bond acceptors (Lipinski definition) is 0. The number of aromatic nitrogens is 4. The zero-order chi connectivity index (χ0) is 45.6. The van der Waals surface area contributed by atoms with E-state index in [0.717, 1.165) is 33.6 Å². The zero-order valence-corrected chi connectivity index (χ0v) is 37.9. The predicted molar refractivity (Wildman–Crippen MR) is 297 cm³/mol. The van der Waals surface area contributed by atoms with Crippen LogP contribution in [0, 0.1) is 0 Å². The van der Waals surface area contributed by atoms with Gasteiger partial charge in [-0.2, -0.15) is 0 Å². The fourth-order valence-electron chi connectivity index (χ4n) is 12.5. The molecule has 324 valence electrons. The summed E-state index contributed by atoms with van der Waals surface area (Å²) in [4.78, 5) is 0. The second-order valence-corrected chi connectivity index (χ2v) is 18.8. The third-order valence-electron chi connectivity index (χ3n) is 15.3. The molecule has 5 heterocycles. The molecule has 0 atom stereocenters. The number of fused-ring (bicyclic) bond motifs is 19. The van der Waals surface area contributed by atoms with Crippen molar-refractivity contribution >= 4 is 125 Å². The van der Waals surface area contributed by atoms with Crippen molar-refractivity contribution in [3.05, 3.63) is 243 Å². The molecule has 0 N–H and O–H groups in total. The number of para-hydroxylation sites is 7. The first-order chi connectivity index (χ1) is 34.8. The fourth-order valence-corrected chi connectivity index (χ4v) is 12.5. The summed E-state index contributed by atoms with van der Waals surface area (Å²) in [6.07, 6.45) is 0. The van der Waals surface area contributed by atoms with Crippen LogP contribution in [0.1, 0.15) is 0 Å². The average Bonchev–Trinajstić information content (AvgIpc) is 4.16. The van der Waals surface area contributed by atoms with Crippen LogP contribution < -0.4 is 0 Å². The van der Waals surface area contributed by atoms with Crippen LogP contribution in [0.3, 0.4) is 0 Å². The first-order valence-electron chi connectivity index (χ1n) is 24.2. The van der Waals surface area contributed by atoms with E-state index in [2.05, 4.69) is 261 Å². The number of nitrogens with zero attached hydrogens (tertiary/aromatic N) is 4. The van der Waals surface area contributed by atoms with E-state index in [4.69, 9.17) is 0 Å². The van der Waals surface area contributed by atoms with Gasteiger partial charge in [-0.15, -0.1) is 0 Å². The van der Waals surface area contributed by atoms with Gasteiger partial charge in [-0.05, 0) is 88.3 Å². The largest absolute Gasteiger partial charge is 0.309 e. The molecule has 5 aromatic heterocycles. The van der Waals surface area contributed by atoms with Crippen LogP contribution >= 0.6 is 0 Å². The van der Waals surface area contributed by atoms with Crippen molar-refractivity contribution in [2.75, 3.05) is 0 Å². The van der Waals surface area contributed by atoms with Crippen LogP contribution in [-0.2, 0) is 0 Å². The second kappa shape index (κ2) is 14.1. The summed E-state index contributed by atoms with van der Waals surface area (Å²) < 4.78 is 10.1. The van der Waals surface area contributed by atoms with E-state index in [1.165, 1.54) is 109 Å². The molecule has 0 aliphatic carbocycles. The molecule has 0 amide bonds. The molecule has 0 saturated carbocycles. The Morgan fingerprint density at radius 3 is 1.00 bits per heavy atom. The molecule has 0 bridgehead atoms. The highest BCUT2D eigenvalue weighted by Gasteiger charge is 2.24. The van der Waals surface area contributed by atoms with Gasteiger partial charge in [0.2, 0.25) is 0 Å². The van der Waals surface area contributed by atoms with Crippen molar-refractivity contribution in [3.63, 3.8) is 0 Å². The first-order valence-corrected chi connectivity index (χ1v) is 24.2.